The molecule has 1 fully saturated rings. The number of amides is 1. The molecule has 0 saturated carbocycles. The molecule has 2 atom stereocenters. The van der Waals surface area contributed by atoms with E-state index in [2.05, 4.69) is 10.3 Å². The summed E-state index contributed by atoms with van der Waals surface area (Å²) in [5, 5.41) is 5.35. The average molecular weight is 460 g/mol. The van der Waals surface area contributed by atoms with Crippen LogP contribution in [-0.4, -0.2) is 47.8 Å². The van der Waals surface area contributed by atoms with E-state index in [9.17, 15) is 14.0 Å². The minimum Gasteiger partial charge on any atom is -0.463 e. The molecule has 0 spiro atoms. The first-order valence-corrected chi connectivity index (χ1v) is 11.6. The Bertz CT molecular complexity index is 1000. The van der Waals surface area contributed by atoms with Crippen LogP contribution in [0.4, 0.5) is 4.39 Å². The number of hydrogen-bond acceptors (Lipinski definition) is 7. The molecule has 0 radical (unpaired) electrons. The number of fused-ring (bicyclic) bond motifs is 1. The molecular weight excluding hydrogens is 433 g/mol. The summed E-state index contributed by atoms with van der Waals surface area (Å²) < 4.78 is 25.7. The Morgan fingerprint density at radius 1 is 1.38 bits per heavy atom. The van der Waals surface area contributed by atoms with E-state index in [1.54, 1.807) is 36.9 Å². The first-order chi connectivity index (χ1) is 15.5. The molecule has 0 bridgehead atoms. The maximum atomic E-state index is 14.9. The highest BCUT2D eigenvalue weighted by molar-refractivity contribution is 8.16. The van der Waals surface area contributed by atoms with E-state index < -0.39 is 17.8 Å². The number of ether oxygens (including phenoxy) is 2. The van der Waals surface area contributed by atoms with E-state index in [1.165, 1.54) is 17.8 Å². The Morgan fingerprint density at radius 3 is 2.91 bits per heavy atom. The van der Waals surface area contributed by atoms with Crippen LogP contribution in [0.15, 0.2) is 51.6 Å². The van der Waals surface area contributed by atoms with Gasteiger partial charge in [0.2, 0.25) is 5.91 Å². The van der Waals surface area contributed by atoms with Crippen LogP contribution in [0.5, 0.6) is 0 Å². The fraction of sp³-hybridized carbons (Fsp3) is 0.435. The fourth-order valence-electron chi connectivity index (χ4n) is 4.09. The van der Waals surface area contributed by atoms with Crippen molar-refractivity contribution in [3.63, 3.8) is 0 Å². The molecule has 0 unspecified atom stereocenters. The molecule has 3 aliphatic rings. The molecule has 3 heterocycles. The third kappa shape index (κ3) is 4.59. The zero-order valence-electron chi connectivity index (χ0n) is 18.1. The molecule has 1 aromatic rings. The van der Waals surface area contributed by atoms with E-state index in [1.807, 2.05) is 5.41 Å². The number of hydrogen-bond donors (Lipinski definition) is 1. The molecule has 1 saturated heterocycles. The highest BCUT2D eigenvalue weighted by atomic mass is 32.2. The molecule has 9 heteroatoms. The number of allylic oxidation sites excluding steroid dienone is 1. The van der Waals surface area contributed by atoms with Crippen LogP contribution in [0, 0.1) is 5.82 Å². The minimum atomic E-state index is -0.769. The zero-order chi connectivity index (χ0) is 22.7. The summed E-state index contributed by atoms with van der Waals surface area (Å²) in [7, 11) is 0. The molecule has 0 aromatic heterocycles. The van der Waals surface area contributed by atoms with Gasteiger partial charge in [-0.1, -0.05) is 30.0 Å². The van der Waals surface area contributed by atoms with Gasteiger partial charge in [0.15, 0.2) is 5.17 Å². The van der Waals surface area contributed by atoms with Gasteiger partial charge in [-0.3, -0.25) is 4.79 Å². The van der Waals surface area contributed by atoms with Gasteiger partial charge in [0.05, 0.1) is 36.4 Å². The smallest absolute Gasteiger partial charge is 0.338 e. The van der Waals surface area contributed by atoms with Crippen LogP contribution >= 0.6 is 11.8 Å². The number of nitrogens with zero attached hydrogens (tertiary/aromatic N) is 2. The monoisotopic (exact) mass is 459 g/mol. The first kappa shape index (κ1) is 22.5. The summed E-state index contributed by atoms with van der Waals surface area (Å²) in [6, 6.07) is 5.57. The largest absolute Gasteiger partial charge is 0.463 e. The lowest BCUT2D eigenvalue weighted by molar-refractivity contribution is -0.139. The van der Waals surface area contributed by atoms with Crippen molar-refractivity contribution < 1.29 is 23.5 Å². The molecule has 1 N–H and O–H groups in total. The van der Waals surface area contributed by atoms with Crippen LogP contribution in [0.2, 0.25) is 0 Å². The average Bonchev–Trinajstić information content (AvgIpc) is 3.42. The van der Waals surface area contributed by atoms with Crippen LogP contribution in [0.25, 0.3) is 0 Å². The van der Waals surface area contributed by atoms with Crippen molar-refractivity contribution in [3.05, 3.63) is 58.0 Å². The van der Waals surface area contributed by atoms with Crippen molar-refractivity contribution in [2.75, 3.05) is 19.8 Å². The number of carbonyl (C=O) groups is 2. The number of esters is 1. The van der Waals surface area contributed by atoms with Gasteiger partial charge in [0.25, 0.3) is 0 Å². The predicted molar refractivity (Wildman–Crippen MR) is 120 cm³/mol. The number of thioether (sulfide) groups is 1. The maximum Gasteiger partial charge on any atom is 0.338 e. The number of rotatable bonds is 7. The molecule has 1 aromatic carbocycles. The summed E-state index contributed by atoms with van der Waals surface area (Å²) in [5.74, 6) is -1.14. The number of nitrogens with one attached hydrogen (secondary N) is 1. The van der Waals surface area contributed by atoms with Crippen molar-refractivity contribution in [1.82, 2.24) is 10.2 Å². The summed E-state index contributed by atoms with van der Waals surface area (Å²) in [6.07, 6.45) is 2.07. The number of carbonyl (C=O) groups excluding carboxylic acids is 2. The molecular formula is C23H26FN3O4S. The standard InChI is InChI=1S/C23H26FN3O4S/c1-3-30-22(29)20-14(2)26-23-27(21(20)17-8-4-5-9-18(17)24)15(13-32-23)11-19(28)25-12-16-7-6-10-31-16/h4-5,8-9,13,16,21H,3,6-7,10-12H2,1-2H3,(H,25,28)/t16-,21-/m1/s1. The van der Waals surface area contributed by atoms with Gasteiger partial charge < -0.3 is 19.7 Å². The summed E-state index contributed by atoms with van der Waals surface area (Å²) in [4.78, 5) is 31.8. The molecule has 170 valence electrons. The number of halogens is 1. The Kier molecular flexibility index (Phi) is 6.95. The Morgan fingerprint density at radius 2 is 2.19 bits per heavy atom. The van der Waals surface area contributed by atoms with Crippen molar-refractivity contribution >= 4 is 28.8 Å². The highest BCUT2D eigenvalue weighted by Gasteiger charge is 2.42. The maximum absolute atomic E-state index is 14.9. The van der Waals surface area contributed by atoms with Gasteiger partial charge in [-0.05, 0) is 38.2 Å². The third-order valence-electron chi connectivity index (χ3n) is 5.59. The van der Waals surface area contributed by atoms with Gasteiger partial charge >= 0.3 is 5.97 Å². The van der Waals surface area contributed by atoms with Crippen molar-refractivity contribution in [2.45, 2.75) is 45.3 Å². The van der Waals surface area contributed by atoms with Gasteiger partial charge in [-0.15, -0.1) is 0 Å². The molecule has 3 aliphatic heterocycles. The van der Waals surface area contributed by atoms with E-state index in [4.69, 9.17) is 9.47 Å². The fourth-order valence-corrected chi connectivity index (χ4v) is 5.05. The zero-order valence-corrected chi connectivity index (χ0v) is 18.9. The molecule has 4 rings (SSSR count). The van der Waals surface area contributed by atoms with E-state index in [0.29, 0.717) is 28.7 Å². The number of benzene rings is 1. The number of aliphatic imine (C=N–C) groups is 1. The van der Waals surface area contributed by atoms with Crippen LogP contribution in [0.3, 0.4) is 0 Å². The van der Waals surface area contributed by atoms with Crippen LogP contribution < -0.4 is 5.32 Å². The minimum absolute atomic E-state index is 0.0464. The van der Waals surface area contributed by atoms with Gasteiger partial charge in [-0.25, -0.2) is 14.2 Å². The first-order valence-electron chi connectivity index (χ1n) is 10.7. The lowest BCUT2D eigenvalue weighted by atomic mass is 9.93. The lowest BCUT2D eigenvalue weighted by Crippen LogP contribution is -2.39. The SMILES string of the molecule is CCOC(=O)C1=C(C)N=C2SC=C(CC(=O)NC[C@H]3CCCO3)N2[C@@H]1c1ccccc1F. The number of amidine groups is 1. The Balaban J connectivity index is 1.61. The quantitative estimate of drug-likeness (QED) is 0.627. The molecule has 7 nitrogen and oxygen atoms in total. The molecule has 32 heavy (non-hydrogen) atoms. The van der Waals surface area contributed by atoms with Gasteiger partial charge in [-0.2, -0.15) is 0 Å². The van der Waals surface area contributed by atoms with Gasteiger partial charge in [0, 0.05) is 24.4 Å². The Hall–Kier alpha value is -2.65. The third-order valence-corrected chi connectivity index (χ3v) is 6.48. The summed E-state index contributed by atoms with van der Waals surface area (Å²) >= 11 is 1.36. The predicted octanol–water partition coefficient (Wildman–Crippen LogP) is 3.65. The van der Waals surface area contributed by atoms with E-state index in [0.717, 1.165) is 19.4 Å². The van der Waals surface area contributed by atoms with E-state index >= 15 is 0 Å². The second-order valence-corrected chi connectivity index (χ2v) is 8.59. The highest BCUT2D eigenvalue weighted by Crippen LogP contribution is 2.45. The van der Waals surface area contributed by atoms with Crippen LogP contribution in [-0.2, 0) is 19.1 Å². The second kappa shape index (κ2) is 9.87. The van der Waals surface area contributed by atoms with Gasteiger partial charge in [0.1, 0.15) is 5.82 Å². The summed E-state index contributed by atoms with van der Waals surface area (Å²) in [6.45, 7) is 4.82. The summed E-state index contributed by atoms with van der Waals surface area (Å²) in [5.41, 5.74) is 1.73. The van der Waals surface area contributed by atoms with Crippen molar-refractivity contribution in [1.29, 1.82) is 0 Å². The topological polar surface area (TPSA) is 80.2 Å². The second-order valence-electron chi connectivity index (χ2n) is 7.75. The van der Waals surface area contributed by atoms with Crippen LogP contribution in [0.1, 0.15) is 44.7 Å². The molecule has 1 amide bonds. The lowest BCUT2D eigenvalue weighted by Gasteiger charge is -2.36. The van der Waals surface area contributed by atoms with Crippen molar-refractivity contribution in [3.8, 4) is 0 Å². The van der Waals surface area contributed by atoms with E-state index in [-0.39, 0.29) is 30.6 Å². The molecule has 0 aliphatic carbocycles. The van der Waals surface area contributed by atoms with Crippen molar-refractivity contribution in [2.24, 2.45) is 4.99 Å². The normalized spacial score (nSPS) is 22.4. The Labute approximate surface area is 190 Å².